The van der Waals surface area contributed by atoms with Gasteiger partial charge in [-0.15, -0.1) is 0 Å². The topological polar surface area (TPSA) is 94.8 Å². The van der Waals surface area contributed by atoms with E-state index in [9.17, 15) is 9.59 Å². The highest BCUT2D eigenvalue weighted by molar-refractivity contribution is 6.03. The predicted octanol–water partition coefficient (Wildman–Crippen LogP) is 6.68. The average Bonchev–Trinajstić information content (AvgIpc) is 3.31. The van der Waals surface area contributed by atoms with Gasteiger partial charge in [0.15, 0.2) is 0 Å². The Kier molecular flexibility index (Phi) is 8.22. The summed E-state index contributed by atoms with van der Waals surface area (Å²) in [5, 5.41) is 0. The van der Waals surface area contributed by atoms with Crippen molar-refractivity contribution in [1.82, 2.24) is 14.9 Å². The summed E-state index contributed by atoms with van der Waals surface area (Å²) in [7, 11) is 0. The molecule has 2 aromatic heterocycles. The summed E-state index contributed by atoms with van der Waals surface area (Å²) < 4.78 is 17.5. The van der Waals surface area contributed by atoms with E-state index in [1.807, 2.05) is 67.5 Å². The Hall–Kier alpha value is -2.74. The molecule has 2 atom stereocenters. The molecule has 3 rings (SSSR count). The highest BCUT2D eigenvalue weighted by atomic mass is 16.6. The molecule has 0 N–H and O–H groups in total. The summed E-state index contributed by atoms with van der Waals surface area (Å²) in [4.78, 5) is 36.6. The molecule has 2 aromatic rings. The molecule has 0 spiro atoms. The summed E-state index contributed by atoms with van der Waals surface area (Å²) in [5.41, 5.74) is -0.294. The van der Waals surface area contributed by atoms with Crippen LogP contribution in [0.2, 0.25) is 0 Å². The van der Waals surface area contributed by atoms with Gasteiger partial charge in [0.2, 0.25) is 11.5 Å². The largest absolute Gasteiger partial charge is 0.444 e. The van der Waals surface area contributed by atoms with Gasteiger partial charge in [0.05, 0.1) is 18.8 Å². The molecule has 0 aliphatic carbocycles. The number of fused-ring (bicyclic) bond motifs is 1. The first-order valence-electron chi connectivity index (χ1n) is 13.1. The van der Waals surface area contributed by atoms with Gasteiger partial charge in [-0.25, -0.2) is 14.8 Å². The van der Waals surface area contributed by atoms with Gasteiger partial charge in [-0.2, -0.15) is 0 Å². The molecule has 0 radical (unpaired) electrons. The van der Waals surface area contributed by atoms with Crippen LogP contribution in [0.4, 0.5) is 4.79 Å². The van der Waals surface area contributed by atoms with E-state index in [1.165, 1.54) is 6.20 Å². The highest BCUT2D eigenvalue weighted by Gasteiger charge is 2.48. The summed E-state index contributed by atoms with van der Waals surface area (Å²) in [6.07, 6.45) is 5.98. The zero-order valence-corrected chi connectivity index (χ0v) is 24.0. The van der Waals surface area contributed by atoms with E-state index in [2.05, 4.69) is 23.8 Å². The van der Waals surface area contributed by atoms with Crippen LogP contribution < -0.4 is 0 Å². The third kappa shape index (κ3) is 7.18. The molecule has 204 valence electrons. The Morgan fingerprint density at radius 2 is 1.89 bits per heavy atom. The van der Waals surface area contributed by atoms with Crippen LogP contribution in [-0.4, -0.2) is 50.7 Å². The molecular weight excluding hydrogens is 470 g/mol. The molecule has 0 unspecified atom stereocenters. The van der Waals surface area contributed by atoms with E-state index in [-0.39, 0.29) is 34.9 Å². The standard InChI is InChI=1S/C29H43N3O5/c1-18(2)14-19(22-17-35-29(9,10)32(22)26(34)37-28(6,7)8)12-11-13-23(33)21-16-30-25-20(31-21)15-24(36-25)27(3,4)5/h11,13,15-16,18-19,22H,12,14,17H2,1-10H3/t19-,22-/m0/s1. The smallest absolute Gasteiger partial charge is 0.412 e. The number of nitrogens with zero attached hydrogens (tertiary/aromatic N) is 3. The fourth-order valence-corrected chi connectivity index (χ4v) is 4.61. The van der Waals surface area contributed by atoms with Crippen molar-refractivity contribution in [3.63, 3.8) is 0 Å². The van der Waals surface area contributed by atoms with Gasteiger partial charge in [-0.3, -0.25) is 9.69 Å². The third-order valence-corrected chi connectivity index (χ3v) is 6.37. The fraction of sp³-hybridized carbons (Fsp3) is 0.655. The van der Waals surface area contributed by atoms with Crippen molar-refractivity contribution >= 4 is 23.1 Å². The zero-order valence-electron chi connectivity index (χ0n) is 24.0. The minimum absolute atomic E-state index is 0.0927. The molecule has 1 amide bonds. The lowest BCUT2D eigenvalue weighted by Gasteiger charge is -2.38. The van der Waals surface area contributed by atoms with Crippen LogP contribution in [0.5, 0.6) is 0 Å². The second-order valence-corrected chi connectivity index (χ2v) is 12.9. The van der Waals surface area contributed by atoms with Gasteiger partial charge in [-0.05, 0) is 65.4 Å². The van der Waals surface area contributed by atoms with Crippen LogP contribution in [0.3, 0.4) is 0 Å². The third-order valence-electron chi connectivity index (χ3n) is 6.37. The molecular formula is C29H43N3O5. The first-order valence-corrected chi connectivity index (χ1v) is 13.1. The van der Waals surface area contributed by atoms with Crippen LogP contribution in [0.25, 0.3) is 11.2 Å². The maximum Gasteiger partial charge on any atom is 0.412 e. The summed E-state index contributed by atoms with van der Waals surface area (Å²) in [6, 6.07) is 1.68. The van der Waals surface area contributed by atoms with E-state index >= 15 is 0 Å². The number of rotatable bonds is 7. The Bertz CT molecular complexity index is 1150. The first kappa shape index (κ1) is 28.8. The Morgan fingerprint density at radius 1 is 1.22 bits per heavy atom. The quantitative estimate of drug-likeness (QED) is 0.301. The number of carbonyl (C=O) groups is 2. The van der Waals surface area contributed by atoms with Crippen molar-refractivity contribution in [3.05, 3.63) is 35.9 Å². The molecule has 0 saturated carbocycles. The number of carbonyl (C=O) groups excluding carboxylic acids is 2. The second-order valence-electron chi connectivity index (χ2n) is 12.9. The molecule has 0 bridgehead atoms. The zero-order chi connectivity index (χ0) is 27.8. The van der Waals surface area contributed by atoms with Gasteiger partial charge >= 0.3 is 6.09 Å². The molecule has 3 heterocycles. The van der Waals surface area contributed by atoms with Gasteiger partial charge < -0.3 is 13.9 Å². The maximum absolute atomic E-state index is 13.1. The Balaban J connectivity index is 1.78. The van der Waals surface area contributed by atoms with Gasteiger partial charge in [-0.1, -0.05) is 40.7 Å². The average molecular weight is 514 g/mol. The van der Waals surface area contributed by atoms with Crippen LogP contribution in [0.1, 0.15) is 98.3 Å². The number of amides is 1. The van der Waals surface area contributed by atoms with E-state index < -0.39 is 11.3 Å². The maximum atomic E-state index is 13.1. The van der Waals surface area contributed by atoms with Gasteiger partial charge in [0, 0.05) is 11.5 Å². The number of hydrogen-bond donors (Lipinski definition) is 0. The van der Waals surface area contributed by atoms with Crippen LogP contribution in [-0.2, 0) is 14.9 Å². The Labute approximate surface area is 220 Å². The number of aromatic nitrogens is 2. The summed E-state index contributed by atoms with van der Waals surface area (Å²) >= 11 is 0. The lowest BCUT2D eigenvalue weighted by Crippen LogP contribution is -2.52. The SMILES string of the molecule is CC(C)C[C@H](CC=CC(=O)c1cnc2oc(C(C)(C)C)cc2n1)[C@@H]1COC(C)(C)N1C(=O)OC(C)(C)C. The lowest BCUT2D eigenvalue weighted by molar-refractivity contribution is -0.0647. The van der Waals surface area contributed by atoms with Crippen molar-refractivity contribution in [3.8, 4) is 0 Å². The van der Waals surface area contributed by atoms with Crippen LogP contribution >= 0.6 is 0 Å². The van der Waals surface area contributed by atoms with E-state index in [1.54, 1.807) is 11.0 Å². The molecule has 1 fully saturated rings. The van der Waals surface area contributed by atoms with Gasteiger partial charge in [0.1, 0.15) is 28.3 Å². The van der Waals surface area contributed by atoms with Crippen molar-refractivity contribution in [2.24, 2.45) is 11.8 Å². The van der Waals surface area contributed by atoms with Gasteiger partial charge in [0.25, 0.3) is 0 Å². The lowest BCUT2D eigenvalue weighted by atomic mass is 9.87. The fourth-order valence-electron chi connectivity index (χ4n) is 4.61. The number of allylic oxidation sites excluding steroid dienone is 2. The summed E-state index contributed by atoms with van der Waals surface area (Å²) in [5.74, 6) is 1.05. The van der Waals surface area contributed by atoms with Crippen LogP contribution in [0.15, 0.2) is 28.8 Å². The minimum atomic E-state index is -0.775. The van der Waals surface area contributed by atoms with Crippen molar-refractivity contribution in [2.75, 3.05) is 6.61 Å². The van der Waals surface area contributed by atoms with E-state index in [0.717, 1.165) is 12.2 Å². The molecule has 8 nitrogen and oxygen atoms in total. The number of hydrogen-bond acceptors (Lipinski definition) is 7. The first-order chi connectivity index (χ1) is 17.0. The molecule has 1 aliphatic rings. The number of ketones is 1. The van der Waals surface area contributed by atoms with E-state index in [4.69, 9.17) is 13.9 Å². The Morgan fingerprint density at radius 3 is 2.49 bits per heavy atom. The monoisotopic (exact) mass is 513 g/mol. The van der Waals surface area contributed by atoms with Crippen molar-refractivity contribution in [1.29, 1.82) is 0 Å². The molecule has 1 aliphatic heterocycles. The molecule has 0 aromatic carbocycles. The molecule has 37 heavy (non-hydrogen) atoms. The molecule has 8 heteroatoms. The van der Waals surface area contributed by atoms with E-state index in [0.29, 0.717) is 30.2 Å². The highest BCUT2D eigenvalue weighted by Crippen LogP contribution is 2.36. The molecule has 1 saturated heterocycles. The normalized spacial score (nSPS) is 19.2. The minimum Gasteiger partial charge on any atom is -0.444 e. The number of furan rings is 1. The van der Waals surface area contributed by atoms with Crippen molar-refractivity contribution < 1.29 is 23.5 Å². The predicted molar refractivity (Wildman–Crippen MR) is 143 cm³/mol. The number of ether oxygens (including phenoxy) is 2. The van der Waals surface area contributed by atoms with Crippen molar-refractivity contribution in [2.45, 2.75) is 105 Å². The second kappa shape index (κ2) is 10.6. The summed E-state index contributed by atoms with van der Waals surface area (Å²) in [6.45, 7) is 20.2. The van der Waals surface area contributed by atoms with Crippen LogP contribution in [0, 0.1) is 11.8 Å².